The van der Waals surface area contributed by atoms with Crippen LogP contribution in [0.5, 0.6) is 0 Å². The van der Waals surface area contributed by atoms with E-state index in [1.54, 1.807) is 18.2 Å². The van der Waals surface area contributed by atoms with Gasteiger partial charge in [-0.1, -0.05) is 18.2 Å². The Morgan fingerprint density at radius 2 is 2.25 bits per heavy atom. The first-order valence-electron chi connectivity index (χ1n) is 5.74. The molecule has 0 bridgehead atoms. The van der Waals surface area contributed by atoms with Gasteiger partial charge in [-0.05, 0) is 31.0 Å². The zero-order valence-electron chi connectivity index (χ0n) is 9.21. The van der Waals surface area contributed by atoms with E-state index in [9.17, 15) is 9.18 Å². The number of hydrogen-bond acceptors (Lipinski definition) is 2. The molecule has 0 spiro atoms. The summed E-state index contributed by atoms with van der Waals surface area (Å²) < 4.78 is 13.3. The predicted molar refractivity (Wildman–Crippen MR) is 60.7 cm³/mol. The van der Waals surface area contributed by atoms with Gasteiger partial charge in [0.25, 0.3) is 0 Å². The molecule has 0 aromatic heterocycles. The van der Waals surface area contributed by atoms with Gasteiger partial charge in [0.15, 0.2) is 0 Å². The molecule has 1 unspecified atom stereocenters. The lowest BCUT2D eigenvalue weighted by Gasteiger charge is -2.21. The van der Waals surface area contributed by atoms with Crippen molar-refractivity contribution in [2.45, 2.75) is 19.3 Å². The number of carbonyl (C=O) groups is 1. The van der Waals surface area contributed by atoms with Crippen LogP contribution in [-0.2, 0) is 11.2 Å². The lowest BCUT2D eigenvalue weighted by Crippen LogP contribution is -2.35. The summed E-state index contributed by atoms with van der Waals surface area (Å²) in [5.41, 5.74) is 0.512. The van der Waals surface area contributed by atoms with Crippen molar-refractivity contribution in [2.75, 3.05) is 13.1 Å². The molecule has 0 aliphatic carbocycles. The fourth-order valence-electron chi connectivity index (χ4n) is 2.10. The Balaban J connectivity index is 1.99. The SMILES string of the molecule is O=C(Cc1ccccc1F)C1CCCNC1. The Kier molecular flexibility index (Phi) is 3.67. The maximum atomic E-state index is 13.3. The third kappa shape index (κ3) is 2.67. The Morgan fingerprint density at radius 3 is 2.94 bits per heavy atom. The first-order chi connectivity index (χ1) is 7.77. The van der Waals surface area contributed by atoms with E-state index < -0.39 is 0 Å². The average Bonchev–Trinajstić information content (AvgIpc) is 2.33. The highest BCUT2D eigenvalue weighted by molar-refractivity contribution is 5.83. The highest BCUT2D eigenvalue weighted by Gasteiger charge is 2.21. The second kappa shape index (κ2) is 5.21. The second-order valence-corrected chi connectivity index (χ2v) is 4.28. The summed E-state index contributed by atoms with van der Waals surface area (Å²) in [6, 6.07) is 6.50. The molecule has 3 heteroatoms. The fourth-order valence-corrected chi connectivity index (χ4v) is 2.10. The van der Waals surface area contributed by atoms with Gasteiger partial charge in [0.1, 0.15) is 11.6 Å². The molecule has 1 aromatic carbocycles. The fraction of sp³-hybridized carbons (Fsp3) is 0.462. The smallest absolute Gasteiger partial charge is 0.141 e. The van der Waals surface area contributed by atoms with Crippen molar-refractivity contribution in [3.63, 3.8) is 0 Å². The lowest BCUT2D eigenvalue weighted by atomic mass is 9.91. The summed E-state index contributed by atoms with van der Waals surface area (Å²) in [4.78, 5) is 11.9. The topological polar surface area (TPSA) is 29.1 Å². The molecule has 0 radical (unpaired) electrons. The van der Waals surface area contributed by atoms with Crippen molar-refractivity contribution in [1.29, 1.82) is 0 Å². The van der Waals surface area contributed by atoms with Crippen LogP contribution >= 0.6 is 0 Å². The standard InChI is InChI=1S/C13H16FNO/c14-12-6-2-1-4-10(12)8-13(16)11-5-3-7-15-9-11/h1-2,4,6,11,15H,3,5,7-9H2. The molecule has 1 aliphatic heterocycles. The highest BCUT2D eigenvalue weighted by Crippen LogP contribution is 2.15. The maximum absolute atomic E-state index is 13.3. The quantitative estimate of drug-likeness (QED) is 0.845. The minimum atomic E-state index is -0.278. The number of rotatable bonds is 3. The van der Waals surface area contributed by atoms with Crippen molar-refractivity contribution in [3.8, 4) is 0 Å². The average molecular weight is 221 g/mol. The summed E-state index contributed by atoms with van der Waals surface area (Å²) in [6.07, 6.45) is 2.19. The molecule has 1 N–H and O–H groups in total. The summed E-state index contributed by atoms with van der Waals surface area (Å²) in [7, 11) is 0. The Bertz CT molecular complexity index is 372. The number of benzene rings is 1. The molecule has 16 heavy (non-hydrogen) atoms. The van der Waals surface area contributed by atoms with E-state index in [4.69, 9.17) is 0 Å². The van der Waals surface area contributed by atoms with Crippen molar-refractivity contribution in [1.82, 2.24) is 5.32 Å². The van der Waals surface area contributed by atoms with Gasteiger partial charge < -0.3 is 5.32 Å². The summed E-state index contributed by atoms with van der Waals surface area (Å²) >= 11 is 0. The lowest BCUT2D eigenvalue weighted by molar-refractivity contribution is -0.122. The number of piperidine rings is 1. The number of nitrogens with one attached hydrogen (secondary N) is 1. The van der Waals surface area contributed by atoms with Gasteiger partial charge in [-0.15, -0.1) is 0 Å². The van der Waals surface area contributed by atoms with E-state index in [0.717, 1.165) is 25.9 Å². The van der Waals surface area contributed by atoms with Crippen LogP contribution in [0, 0.1) is 11.7 Å². The molecule has 1 aliphatic rings. The van der Waals surface area contributed by atoms with Crippen LogP contribution in [0.15, 0.2) is 24.3 Å². The molecular weight excluding hydrogens is 205 g/mol. The molecule has 1 aromatic rings. The summed E-state index contributed by atoms with van der Waals surface area (Å²) in [5, 5.41) is 3.20. The van der Waals surface area contributed by atoms with E-state index >= 15 is 0 Å². The zero-order valence-corrected chi connectivity index (χ0v) is 9.21. The van der Waals surface area contributed by atoms with Gasteiger partial charge in [-0.25, -0.2) is 4.39 Å². The maximum Gasteiger partial charge on any atom is 0.141 e. The molecule has 0 saturated carbocycles. The van der Waals surface area contributed by atoms with Crippen LogP contribution in [0.3, 0.4) is 0 Å². The van der Waals surface area contributed by atoms with Crippen LogP contribution in [0.1, 0.15) is 18.4 Å². The zero-order chi connectivity index (χ0) is 11.4. The molecule has 1 atom stereocenters. The van der Waals surface area contributed by atoms with E-state index in [0.29, 0.717) is 5.56 Å². The van der Waals surface area contributed by atoms with E-state index in [1.165, 1.54) is 6.07 Å². The molecule has 2 nitrogen and oxygen atoms in total. The molecule has 1 heterocycles. The third-order valence-corrected chi connectivity index (χ3v) is 3.07. The molecular formula is C13H16FNO. The number of ketones is 1. The molecule has 2 rings (SSSR count). The molecule has 0 amide bonds. The van der Waals surface area contributed by atoms with E-state index in [1.807, 2.05) is 0 Å². The van der Waals surface area contributed by atoms with Crippen LogP contribution in [0.2, 0.25) is 0 Å². The van der Waals surface area contributed by atoms with Gasteiger partial charge in [-0.2, -0.15) is 0 Å². The molecule has 1 saturated heterocycles. The Morgan fingerprint density at radius 1 is 1.44 bits per heavy atom. The minimum absolute atomic E-state index is 0.0633. The van der Waals surface area contributed by atoms with Crippen molar-refractivity contribution in [2.24, 2.45) is 5.92 Å². The van der Waals surface area contributed by atoms with Crippen LogP contribution in [0.4, 0.5) is 4.39 Å². The summed E-state index contributed by atoms with van der Waals surface area (Å²) in [5.74, 6) is -0.0646. The van der Waals surface area contributed by atoms with E-state index in [2.05, 4.69) is 5.32 Å². The monoisotopic (exact) mass is 221 g/mol. The first-order valence-corrected chi connectivity index (χ1v) is 5.74. The van der Waals surface area contributed by atoms with Gasteiger partial charge in [0.2, 0.25) is 0 Å². The van der Waals surface area contributed by atoms with E-state index in [-0.39, 0.29) is 23.9 Å². The third-order valence-electron chi connectivity index (χ3n) is 3.07. The van der Waals surface area contributed by atoms with Crippen LogP contribution < -0.4 is 5.32 Å². The normalized spacial score (nSPS) is 20.7. The Hall–Kier alpha value is -1.22. The number of carbonyl (C=O) groups excluding carboxylic acids is 1. The van der Waals surface area contributed by atoms with Crippen LogP contribution in [-0.4, -0.2) is 18.9 Å². The number of halogens is 1. The van der Waals surface area contributed by atoms with Gasteiger partial charge in [-0.3, -0.25) is 4.79 Å². The Labute approximate surface area is 94.9 Å². The second-order valence-electron chi connectivity index (χ2n) is 4.28. The van der Waals surface area contributed by atoms with Gasteiger partial charge in [0.05, 0.1) is 0 Å². The minimum Gasteiger partial charge on any atom is -0.316 e. The number of hydrogen-bond donors (Lipinski definition) is 1. The van der Waals surface area contributed by atoms with Crippen molar-refractivity contribution >= 4 is 5.78 Å². The molecule has 1 fully saturated rings. The molecule has 86 valence electrons. The summed E-state index contributed by atoms with van der Waals surface area (Å²) in [6.45, 7) is 1.73. The van der Waals surface area contributed by atoms with Gasteiger partial charge in [0, 0.05) is 18.9 Å². The highest BCUT2D eigenvalue weighted by atomic mass is 19.1. The van der Waals surface area contributed by atoms with Crippen molar-refractivity contribution < 1.29 is 9.18 Å². The number of Topliss-reactive ketones (excluding diaryl/α,β-unsaturated/α-hetero) is 1. The van der Waals surface area contributed by atoms with Gasteiger partial charge >= 0.3 is 0 Å². The largest absolute Gasteiger partial charge is 0.316 e. The first kappa shape index (κ1) is 11.3. The van der Waals surface area contributed by atoms with Crippen LogP contribution in [0.25, 0.3) is 0 Å². The predicted octanol–water partition coefficient (Wildman–Crippen LogP) is 1.94. The van der Waals surface area contributed by atoms with Crippen molar-refractivity contribution in [3.05, 3.63) is 35.6 Å².